The van der Waals surface area contributed by atoms with E-state index in [-0.39, 0.29) is 24.8 Å². The van der Waals surface area contributed by atoms with Crippen molar-refractivity contribution in [2.24, 2.45) is 0 Å². The first-order chi connectivity index (χ1) is 15.2. The normalized spacial score (nSPS) is 12.2. The van der Waals surface area contributed by atoms with Gasteiger partial charge in [-0.15, -0.1) is 12.4 Å². The number of unbranched alkanes of at least 4 members (excludes halogenated alkanes) is 16. The largest absolute Gasteiger partial charge is 0.481 e. The Morgan fingerprint density at radius 2 is 1.06 bits per heavy atom. The molecule has 0 spiro atoms. The first kappa shape index (κ1) is 34.4. The highest BCUT2D eigenvalue weighted by atomic mass is 35.5. The smallest absolute Gasteiger partial charge is 0.307 e. The SMILES string of the molecule is CCCCCCCCCCCCCCCCCCCC(=O)OC(CC(=O)O)C[N+](C)(C)C.Cl. The highest BCUT2D eigenvalue weighted by Crippen LogP contribution is 2.15. The molecule has 0 aliphatic carbocycles. The average Bonchev–Trinajstić information content (AvgIpc) is 2.68. The van der Waals surface area contributed by atoms with Gasteiger partial charge in [-0.3, -0.25) is 9.59 Å². The van der Waals surface area contributed by atoms with Crippen molar-refractivity contribution in [3.05, 3.63) is 0 Å². The van der Waals surface area contributed by atoms with E-state index in [1.54, 1.807) is 0 Å². The molecule has 0 rings (SSSR count). The topological polar surface area (TPSA) is 63.6 Å². The van der Waals surface area contributed by atoms with Gasteiger partial charge in [-0.25, -0.2) is 0 Å². The van der Waals surface area contributed by atoms with Gasteiger partial charge in [0.2, 0.25) is 0 Å². The van der Waals surface area contributed by atoms with Gasteiger partial charge in [0, 0.05) is 6.42 Å². The molecular formula is C27H55ClNO4+. The predicted molar refractivity (Wildman–Crippen MR) is 141 cm³/mol. The number of ether oxygens (including phenoxy) is 1. The second-order valence-corrected chi connectivity index (χ2v) is 10.6. The van der Waals surface area contributed by atoms with E-state index in [2.05, 4.69) is 6.92 Å². The minimum atomic E-state index is -0.922. The molecule has 0 saturated carbocycles. The summed E-state index contributed by atoms with van der Waals surface area (Å²) in [6.07, 6.45) is 22.1. The molecule has 0 aromatic heterocycles. The maximum absolute atomic E-state index is 12.1. The van der Waals surface area contributed by atoms with E-state index < -0.39 is 12.1 Å². The predicted octanol–water partition coefficient (Wildman–Crippen LogP) is 7.54. The summed E-state index contributed by atoms with van der Waals surface area (Å²) in [4.78, 5) is 23.1. The number of carbonyl (C=O) groups is 2. The maximum Gasteiger partial charge on any atom is 0.307 e. The Morgan fingerprint density at radius 3 is 1.39 bits per heavy atom. The Hall–Kier alpha value is -0.810. The van der Waals surface area contributed by atoms with Crippen molar-refractivity contribution in [1.29, 1.82) is 0 Å². The van der Waals surface area contributed by atoms with Gasteiger partial charge in [-0.05, 0) is 6.42 Å². The molecule has 0 fully saturated rings. The number of hydrogen-bond acceptors (Lipinski definition) is 3. The lowest BCUT2D eigenvalue weighted by Gasteiger charge is -2.28. The van der Waals surface area contributed by atoms with Crippen LogP contribution in [-0.4, -0.2) is 55.3 Å². The van der Waals surface area contributed by atoms with Gasteiger partial charge >= 0.3 is 11.9 Å². The zero-order chi connectivity index (χ0) is 24.1. The zero-order valence-electron chi connectivity index (χ0n) is 22.2. The Balaban J connectivity index is 0. The molecule has 0 aromatic carbocycles. The van der Waals surface area contributed by atoms with Crippen LogP contribution in [0.25, 0.3) is 0 Å². The fourth-order valence-electron chi connectivity index (χ4n) is 4.19. The van der Waals surface area contributed by atoms with Gasteiger partial charge in [0.25, 0.3) is 0 Å². The third-order valence-corrected chi connectivity index (χ3v) is 5.94. The molecule has 6 heteroatoms. The van der Waals surface area contributed by atoms with Crippen molar-refractivity contribution in [3.8, 4) is 0 Å². The molecular weight excluding hydrogens is 438 g/mol. The summed E-state index contributed by atoms with van der Waals surface area (Å²) >= 11 is 0. The average molecular weight is 493 g/mol. The highest BCUT2D eigenvalue weighted by Gasteiger charge is 2.24. The van der Waals surface area contributed by atoms with Crippen LogP contribution in [0, 0.1) is 0 Å². The van der Waals surface area contributed by atoms with Crippen LogP contribution < -0.4 is 0 Å². The number of halogens is 1. The molecule has 5 nitrogen and oxygen atoms in total. The highest BCUT2D eigenvalue weighted by molar-refractivity contribution is 5.85. The number of aliphatic carboxylic acids is 1. The second kappa shape index (κ2) is 23.0. The second-order valence-electron chi connectivity index (χ2n) is 10.6. The monoisotopic (exact) mass is 492 g/mol. The van der Waals surface area contributed by atoms with Crippen molar-refractivity contribution in [1.82, 2.24) is 0 Å². The zero-order valence-corrected chi connectivity index (χ0v) is 23.1. The van der Waals surface area contributed by atoms with E-state index in [1.807, 2.05) is 21.1 Å². The van der Waals surface area contributed by atoms with Crippen molar-refractivity contribution in [2.75, 3.05) is 27.7 Å². The molecule has 0 amide bonds. The fraction of sp³-hybridized carbons (Fsp3) is 0.926. The molecule has 0 radical (unpaired) electrons. The van der Waals surface area contributed by atoms with E-state index in [4.69, 9.17) is 9.84 Å². The number of carboxylic acid groups (broad SMARTS) is 1. The van der Waals surface area contributed by atoms with Crippen LogP contribution in [0.1, 0.15) is 129 Å². The number of esters is 1. The maximum atomic E-state index is 12.1. The summed E-state index contributed by atoms with van der Waals surface area (Å²) in [5.74, 6) is -1.18. The van der Waals surface area contributed by atoms with E-state index >= 15 is 0 Å². The lowest BCUT2D eigenvalue weighted by Crippen LogP contribution is -2.43. The molecule has 0 aliphatic heterocycles. The lowest BCUT2D eigenvalue weighted by molar-refractivity contribution is -0.873. The van der Waals surface area contributed by atoms with Gasteiger partial charge in [0.15, 0.2) is 6.10 Å². The molecule has 1 N–H and O–H groups in total. The van der Waals surface area contributed by atoms with Crippen LogP contribution in [0.15, 0.2) is 0 Å². The standard InChI is InChI=1S/C27H53NO4.ClH/c1-5-6-7-8-9-10-11-12-13-14-15-16-17-18-19-20-21-22-27(31)32-25(23-26(29)30)24-28(2,3)4;/h25H,5-24H2,1-4H3;1H/p+1. The Kier molecular flexibility index (Phi) is 23.9. The van der Waals surface area contributed by atoms with E-state index in [1.165, 1.54) is 96.3 Å². The molecule has 1 unspecified atom stereocenters. The third-order valence-electron chi connectivity index (χ3n) is 5.94. The van der Waals surface area contributed by atoms with E-state index in [0.29, 0.717) is 17.4 Å². The number of quaternary nitrogens is 1. The molecule has 33 heavy (non-hydrogen) atoms. The van der Waals surface area contributed by atoms with Crippen molar-refractivity contribution in [3.63, 3.8) is 0 Å². The van der Waals surface area contributed by atoms with E-state index in [9.17, 15) is 9.59 Å². The molecule has 198 valence electrons. The fourth-order valence-corrected chi connectivity index (χ4v) is 4.19. The van der Waals surface area contributed by atoms with Crippen LogP contribution in [0.4, 0.5) is 0 Å². The van der Waals surface area contributed by atoms with Crippen LogP contribution in [0.5, 0.6) is 0 Å². The number of carboxylic acids is 1. The van der Waals surface area contributed by atoms with Crippen molar-refractivity contribution in [2.45, 2.75) is 135 Å². The van der Waals surface area contributed by atoms with Gasteiger partial charge < -0.3 is 14.3 Å². The summed E-state index contributed by atoms with van der Waals surface area (Å²) in [6, 6.07) is 0. The summed E-state index contributed by atoms with van der Waals surface area (Å²) in [6.45, 7) is 2.78. The lowest BCUT2D eigenvalue weighted by atomic mass is 10.0. The minimum Gasteiger partial charge on any atom is -0.481 e. The van der Waals surface area contributed by atoms with Crippen LogP contribution in [0.2, 0.25) is 0 Å². The molecule has 0 aliphatic rings. The van der Waals surface area contributed by atoms with Gasteiger partial charge in [0.1, 0.15) is 6.54 Å². The number of rotatable bonds is 23. The van der Waals surface area contributed by atoms with Crippen LogP contribution in [-0.2, 0) is 14.3 Å². The van der Waals surface area contributed by atoms with Crippen LogP contribution in [0.3, 0.4) is 0 Å². The third kappa shape index (κ3) is 27.3. The molecule has 0 bridgehead atoms. The van der Waals surface area contributed by atoms with Crippen molar-refractivity contribution >= 4 is 24.3 Å². The van der Waals surface area contributed by atoms with Gasteiger partial charge in [-0.1, -0.05) is 110 Å². The number of nitrogens with zero attached hydrogens (tertiary/aromatic N) is 1. The first-order valence-electron chi connectivity index (χ1n) is 13.5. The number of hydrogen-bond donors (Lipinski definition) is 1. The summed E-state index contributed by atoms with van der Waals surface area (Å²) < 4.78 is 6.00. The quantitative estimate of drug-likeness (QED) is 0.0908. The molecule has 0 heterocycles. The van der Waals surface area contributed by atoms with Gasteiger partial charge in [-0.2, -0.15) is 0 Å². The summed E-state index contributed by atoms with van der Waals surface area (Å²) in [5, 5.41) is 9.03. The Labute approximate surface area is 211 Å². The summed E-state index contributed by atoms with van der Waals surface area (Å²) in [7, 11) is 5.91. The first-order valence-corrected chi connectivity index (χ1v) is 13.5. The van der Waals surface area contributed by atoms with E-state index in [0.717, 1.165) is 12.8 Å². The van der Waals surface area contributed by atoms with Gasteiger partial charge in [0.05, 0.1) is 27.6 Å². The minimum absolute atomic E-state index is 0. The van der Waals surface area contributed by atoms with Crippen molar-refractivity contribution < 1.29 is 23.9 Å². The van der Waals surface area contributed by atoms with Crippen LogP contribution >= 0.6 is 12.4 Å². The Morgan fingerprint density at radius 1 is 0.697 bits per heavy atom. The number of likely N-dealkylation sites (N-methyl/N-ethyl adjacent to an activating group) is 1. The summed E-state index contributed by atoms with van der Waals surface area (Å²) in [5.41, 5.74) is 0. The molecule has 0 aromatic rings. The Bertz CT molecular complexity index is 466. The molecule has 0 saturated heterocycles. The molecule has 1 atom stereocenters. The number of carbonyl (C=O) groups excluding carboxylic acids is 1.